The summed E-state index contributed by atoms with van der Waals surface area (Å²) < 4.78 is 11.5. The Morgan fingerprint density at radius 2 is 2.26 bits per heavy atom. The number of hydrogen-bond donors (Lipinski definition) is 0. The number of nitrogens with zero attached hydrogens (tertiary/aromatic N) is 2. The second-order valence-electron chi connectivity index (χ2n) is 6.11. The second-order valence-corrected chi connectivity index (χ2v) is 6.11. The molecule has 2 aliphatic rings. The van der Waals surface area contributed by atoms with Gasteiger partial charge in [-0.05, 0) is 43.4 Å². The van der Waals surface area contributed by atoms with E-state index in [2.05, 4.69) is 11.6 Å². The van der Waals surface area contributed by atoms with Crippen LogP contribution in [0, 0.1) is 0 Å². The Bertz CT molecular complexity index is 528. The Labute approximate surface area is 137 Å². The normalized spacial score (nSPS) is 27.3. The van der Waals surface area contributed by atoms with Crippen molar-refractivity contribution < 1.29 is 14.3 Å². The van der Waals surface area contributed by atoms with Gasteiger partial charge in [0.1, 0.15) is 6.10 Å². The summed E-state index contributed by atoms with van der Waals surface area (Å²) in [7, 11) is 0. The summed E-state index contributed by atoms with van der Waals surface area (Å²) in [6.07, 6.45) is 8.55. The lowest BCUT2D eigenvalue weighted by Crippen LogP contribution is -2.46. The first-order valence-electron chi connectivity index (χ1n) is 8.33. The van der Waals surface area contributed by atoms with E-state index in [-0.39, 0.29) is 24.2 Å². The van der Waals surface area contributed by atoms with Gasteiger partial charge in [-0.1, -0.05) is 6.08 Å². The number of amides is 1. The van der Waals surface area contributed by atoms with Gasteiger partial charge in [0, 0.05) is 25.5 Å². The van der Waals surface area contributed by atoms with Crippen LogP contribution < -0.4 is 0 Å². The van der Waals surface area contributed by atoms with Crippen LogP contribution in [0.1, 0.15) is 24.8 Å². The highest BCUT2D eigenvalue weighted by atomic mass is 16.5. The van der Waals surface area contributed by atoms with E-state index < -0.39 is 0 Å². The molecule has 2 saturated heterocycles. The van der Waals surface area contributed by atoms with Gasteiger partial charge in [0.2, 0.25) is 0 Å². The quantitative estimate of drug-likeness (QED) is 0.753. The number of likely N-dealkylation sites (tertiary alicyclic amines) is 1. The molecule has 124 valence electrons. The molecule has 3 rings (SSSR count). The predicted octanol–water partition coefficient (Wildman–Crippen LogP) is 1.98. The minimum absolute atomic E-state index is 0.0477. The highest BCUT2D eigenvalue weighted by molar-refractivity contribution is 5.82. The zero-order valence-electron chi connectivity index (χ0n) is 13.4. The van der Waals surface area contributed by atoms with Gasteiger partial charge in [-0.2, -0.15) is 0 Å². The molecule has 0 unspecified atom stereocenters. The van der Waals surface area contributed by atoms with E-state index in [1.54, 1.807) is 18.5 Å². The molecule has 1 aromatic rings. The second kappa shape index (κ2) is 7.70. The van der Waals surface area contributed by atoms with E-state index in [1.165, 1.54) is 5.56 Å². The third-order valence-electron chi connectivity index (χ3n) is 4.59. The van der Waals surface area contributed by atoms with Crippen molar-refractivity contribution in [2.45, 2.75) is 43.9 Å². The molecule has 0 N–H and O–H groups in total. The third kappa shape index (κ3) is 3.79. The molecule has 1 amide bonds. The fourth-order valence-corrected chi connectivity index (χ4v) is 3.44. The van der Waals surface area contributed by atoms with E-state index in [0.29, 0.717) is 13.2 Å². The van der Waals surface area contributed by atoms with Crippen LogP contribution in [0.4, 0.5) is 0 Å². The molecular formula is C18H24N2O3. The Morgan fingerprint density at radius 1 is 1.43 bits per heavy atom. The molecule has 3 heterocycles. The van der Waals surface area contributed by atoms with Crippen LogP contribution in [0.15, 0.2) is 37.2 Å². The van der Waals surface area contributed by atoms with Crippen LogP contribution in [-0.4, -0.2) is 53.8 Å². The van der Waals surface area contributed by atoms with Crippen LogP contribution in [0.5, 0.6) is 0 Å². The van der Waals surface area contributed by atoms with E-state index >= 15 is 0 Å². The molecule has 0 bridgehead atoms. The molecule has 2 aliphatic heterocycles. The number of ether oxygens (including phenoxy) is 2. The summed E-state index contributed by atoms with van der Waals surface area (Å²) in [5.41, 5.74) is 1.17. The Morgan fingerprint density at radius 3 is 2.96 bits per heavy atom. The first-order chi connectivity index (χ1) is 11.3. The van der Waals surface area contributed by atoms with Crippen molar-refractivity contribution in [3.63, 3.8) is 0 Å². The van der Waals surface area contributed by atoms with Crippen LogP contribution in [-0.2, 0) is 20.7 Å². The summed E-state index contributed by atoms with van der Waals surface area (Å²) in [4.78, 5) is 18.8. The number of aromatic nitrogens is 1. The fraction of sp³-hybridized carbons (Fsp3) is 0.556. The Balaban J connectivity index is 1.73. The average Bonchev–Trinajstić information content (AvgIpc) is 3.24. The molecule has 0 aromatic carbocycles. The van der Waals surface area contributed by atoms with Crippen molar-refractivity contribution in [3.05, 3.63) is 42.7 Å². The number of carbonyl (C=O) groups is 1. The minimum atomic E-state index is -0.270. The van der Waals surface area contributed by atoms with Gasteiger partial charge in [0.25, 0.3) is 5.91 Å². The van der Waals surface area contributed by atoms with Crippen molar-refractivity contribution in [1.82, 2.24) is 9.88 Å². The highest BCUT2D eigenvalue weighted by Gasteiger charge is 2.40. The minimum Gasteiger partial charge on any atom is -0.372 e. The van der Waals surface area contributed by atoms with E-state index in [4.69, 9.17) is 9.47 Å². The largest absolute Gasteiger partial charge is 0.372 e. The maximum atomic E-state index is 12.8. The Hall–Kier alpha value is -1.72. The Kier molecular flexibility index (Phi) is 5.41. The number of hydrogen-bond acceptors (Lipinski definition) is 4. The molecule has 23 heavy (non-hydrogen) atoms. The van der Waals surface area contributed by atoms with Crippen molar-refractivity contribution in [2.24, 2.45) is 0 Å². The van der Waals surface area contributed by atoms with E-state index in [9.17, 15) is 4.79 Å². The number of pyridine rings is 1. The lowest BCUT2D eigenvalue weighted by Gasteiger charge is -2.30. The zero-order chi connectivity index (χ0) is 16.1. The first-order valence-corrected chi connectivity index (χ1v) is 8.33. The van der Waals surface area contributed by atoms with Crippen molar-refractivity contribution in [2.75, 3.05) is 19.8 Å². The van der Waals surface area contributed by atoms with E-state index in [0.717, 1.165) is 32.2 Å². The maximum Gasteiger partial charge on any atom is 0.252 e. The molecule has 5 nitrogen and oxygen atoms in total. The van der Waals surface area contributed by atoms with Crippen LogP contribution in [0.2, 0.25) is 0 Å². The van der Waals surface area contributed by atoms with Gasteiger partial charge in [0.05, 0.1) is 18.8 Å². The number of rotatable bonds is 6. The van der Waals surface area contributed by atoms with Gasteiger partial charge in [0.15, 0.2) is 0 Å². The molecule has 0 aliphatic carbocycles. The maximum absolute atomic E-state index is 12.8. The molecule has 1 aromatic heterocycles. The van der Waals surface area contributed by atoms with Crippen LogP contribution in [0.25, 0.3) is 0 Å². The predicted molar refractivity (Wildman–Crippen MR) is 87.0 cm³/mol. The topological polar surface area (TPSA) is 51.7 Å². The number of carbonyl (C=O) groups excluding carboxylic acids is 1. The smallest absolute Gasteiger partial charge is 0.252 e. The molecule has 0 saturated carbocycles. The van der Waals surface area contributed by atoms with Gasteiger partial charge < -0.3 is 14.4 Å². The van der Waals surface area contributed by atoms with Crippen molar-refractivity contribution >= 4 is 5.91 Å². The van der Waals surface area contributed by atoms with Crippen LogP contribution >= 0.6 is 0 Å². The highest BCUT2D eigenvalue weighted by Crippen LogP contribution is 2.27. The standard InChI is InChI=1S/C18H24N2O3/c1-2-11-22-16-7-10-20(18(21)17-4-3-12-23-17)15(16)13-14-5-8-19-9-6-14/h2,5-6,8-9,15-17H,1,3-4,7,10-13H2/t15-,16-,17+/m1/s1. The molecule has 0 radical (unpaired) electrons. The van der Waals surface area contributed by atoms with Crippen LogP contribution in [0.3, 0.4) is 0 Å². The summed E-state index contributed by atoms with van der Waals surface area (Å²) in [5.74, 6) is 0.117. The fourth-order valence-electron chi connectivity index (χ4n) is 3.44. The lowest BCUT2D eigenvalue weighted by atomic mass is 10.0. The van der Waals surface area contributed by atoms with Crippen molar-refractivity contribution in [3.8, 4) is 0 Å². The molecule has 5 heteroatoms. The third-order valence-corrected chi connectivity index (χ3v) is 4.59. The summed E-state index contributed by atoms with van der Waals surface area (Å²) in [6.45, 7) is 5.65. The van der Waals surface area contributed by atoms with Gasteiger partial charge in [-0.3, -0.25) is 9.78 Å². The molecule has 0 spiro atoms. The first kappa shape index (κ1) is 16.1. The summed E-state index contributed by atoms with van der Waals surface area (Å²) >= 11 is 0. The summed E-state index contributed by atoms with van der Waals surface area (Å²) in [6, 6.07) is 4.05. The average molecular weight is 316 g/mol. The monoisotopic (exact) mass is 316 g/mol. The zero-order valence-corrected chi connectivity index (χ0v) is 13.4. The SMILES string of the molecule is C=CCO[C@@H]1CCN(C(=O)[C@@H]2CCCO2)[C@@H]1Cc1ccncc1. The van der Waals surface area contributed by atoms with Gasteiger partial charge in [-0.25, -0.2) is 0 Å². The lowest BCUT2D eigenvalue weighted by molar-refractivity contribution is -0.142. The molecular weight excluding hydrogens is 292 g/mol. The molecule has 2 fully saturated rings. The van der Waals surface area contributed by atoms with E-state index in [1.807, 2.05) is 17.0 Å². The molecule has 3 atom stereocenters. The van der Waals surface area contributed by atoms with Gasteiger partial charge in [-0.15, -0.1) is 6.58 Å². The summed E-state index contributed by atoms with van der Waals surface area (Å²) in [5, 5.41) is 0. The van der Waals surface area contributed by atoms with Crippen molar-refractivity contribution in [1.29, 1.82) is 0 Å². The van der Waals surface area contributed by atoms with Gasteiger partial charge >= 0.3 is 0 Å².